The molecule has 0 saturated carbocycles. The van der Waals surface area contributed by atoms with Gasteiger partial charge < -0.3 is 20.3 Å². The summed E-state index contributed by atoms with van der Waals surface area (Å²) in [5.74, 6) is -5.32. The third kappa shape index (κ3) is 8.57. The number of nitrogens with two attached hydrogens (primary N) is 1. The number of aryl methyl sites for hydroxylation is 1. The van der Waals surface area contributed by atoms with Gasteiger partial charge in [0, 0.05) is 5.37 Å². The molecule has 3 unspecified atom stereocenters. The van der Waals surface area contributed by atoms with Crippen LogP contribution in [-0.2, 0) is 32.1 Å². The molecule has 12 heteroatoms. The van der Waals surface area contributed by atoms with E-state index < -0.39 is 48.4 Å². The number of alkyl halides is 3. The molecule has 2 amide bonds. The van der Waals surface area contributed by atoms with E-state index in [0.29, 0.717) is 36.1 Å². The first kappa shape index (κ1) is 35.4. The fraction of sp³-hybridized carbons (Fsp3) is 0.243. The molecule has 0 fully saturated rings. The molecule has 0 aromatic heterocycles. The molecule has 254 valence electrons. The first-order valence-corrected chi connectivity index (χ1v) is 16.1. The Morgan fingerprint density at radius 1 is 0.857 bits per heavy atom. The van der Waals surface area contributed by atoms with Gasteiger partial charge in [0.1, 0.15) is 6.04 Å². The van der Waals surface area contributed by atoms with Crippen LogP contribution in [0.3, 0.4) is 0 Å². The Labute approximate surface area is 287 Å². The summed E-state index contributed by atoms with van der Waals surface area (Å²) in [5.41, 5.74) is 8.66. The highest BCUT2D eigenvalue weighted by atomic mass is 32.1. The summed E-state index contributed by atoms with van der Waals surface area (Å²) in [7, 11) is 0. The van der Waals surface area contributed by atoms with E-state index in [1.54, 1.807) is 72.8 Å². The predicted octanol–water partition coefficient (Wildman–Crippen LogP) is 6.72. The van der Waals surface area contributed by atoms with Crippen molar-refractivity contribution in [3.8, 4) is 0 Å². The molecule has 5 rings (SSSR count). The van der Waals surface area contributed by atoms with Crippen LogP contribution in [0.15, 0.2) is 109 Å². The number of benzene rings is 4. The van der Waals surface area contributed by atoms with Crippen molar-refractivity contribution in [1.82, 2.24) is 4.90 Å². The third-order valence-electron chi connectivity index (χ3n) is 8.18. The van der Waals surface area contributed by atoms with Crippen LogP contribution in [0.25, 0.3) is 0 Å². The Bertz CT molecular complexity index is 1790. The number of anilines is 1. The van der Waals surface area contributed by atoms with Gasteiger partial charge in [0.05, 0.1) is 30.3 Å². The molecule has 0 bridgehead atoms. The molecule has 49 heavy (non-hydrogen) atoms. The number of nitrogens with zero attached hydrogens (tertiary/aromatic N) is 2. The van der Waals surface area contributed by atoms with E-state index in [0.717, 1.165) is 11.1 Å². The molecule has 1 aliphatic rings. The predicted molar refractivity (Wildman–Crippen MR) is 180 cm³/mol. The maximum Gasteiger partial charge on any atom is 0.491 e. The van der Waals surface area contributed by atoms with Crippen molar-refractivity contribution in [2.75, 3.05) is 4.90 Å². The van der Waals surface area contributed by atoms with Crippen molar-refractivity contribution in [2.24, 2.45) is 5.73 Å². The Morgan fingerprint density at radius 3 is 2.08 bits per heavy atom. The summed E-state index contributed by atoms with van der Waals surface area (Å²) in [6.45, 7) is 0.100. The molecule has 2 N–H and O–H groups in total. The van der Waals surface area contributed by atoms with Gasteiger partial charge in [-0.25, -0.2) is 4.79 Å². The van der Waals surface area contributed by atoms with Crippen LogP contribution in [0.4, 0.5) is 18.9 Å². The number of carbonyl (C=O) groups excluding carboxylic acids is 4. The third-order valence-corrected chi connectivity index (χ3v) is 8.44. The molecule has 0 spiro atoms. The highest BCUT2D eigenvalue weighted by Crippen LogP contribution is 2.42. The summed E-state index contributed by atoms with van der Waals surface area (Å²) >= 11 is 4.25. The van der Waals surface area contributed by atoms with E-state index in [4.69, 9.17) is 5.73 Å². The Kier molecular flexibility index (Phi) is 11.2. The number of carbonyl (C=O) groups is 4. The van der Waals surface area contributed by atoms with Gasteiger partial charge in [0.15, 0.2) is 0 Å². The SMILES string of the molecule is NC(S)CCCc1ccc2c(c1)C(=O)N(C(CC(=O)OC(=O)C(F)(F)F)c1ccccc1)C(c1ccccc1)C(=O)N2Cc1ccccc1. The minimum absolute atomic E-state index is 0.100. The van der Waals surface area contributed by atoms with Crippen LogP contribution in [0.5, 0.6) is 0 Å². The lowest BCUT2D eigenvalue weighted by Crippen LogP contribution is -2.45. The van der Waals surface area contributed by atoms with Crippen LogP contribution in [0.2, 0.25) is 0 Å². The van der Waals surface area contributed by atoms with Gasteiger partial charge in [-0.1, -0.05) is 97.1 Å². The van der Waals surface area contributed by atoms with Crippen molar-refractivity contribution >= 4 is 42.1 Å². The molecule has 1 heterocycles. The van der Waals surface area contributed by atoms with Gasteiger partial charge in [-0.3, -0.25) is 14.4 Å². The molecule has 0 radical (unpaired) electrons. The second-order valence-corrected chi connectivity index (χ2v) is 12.3. The molecule has 0 aliphatic carbocycles. The zero-order valence-electron chi connectivity index (χ0n) is 26.3. The minimum Gasteiger partial charge on any atom is -0.386 e. The second-order valence-electron chi connectivity index (χ2n) is 11.6. The number of halogens is 3. The molecular weight excluding hydrogens is 655 g/mol. The fourth-order valence-electron chi connectivity index (χ4n) is 5.90. The van der Waals surface area contributed by atoms with Crippen molar-refractivity contribution in [1.29, 1.82) is 0 Å². The Morgan fingerprint density at radius 2 is 1.47 bits per heavy atom. The molecule has 4 aromatic carbocycles. The number of fused-ring (bicyclic) bond motifs is 1. The van der Waals surface area contributed by atoms with Gasteiger partial charge in [-0.2, -0.15) is 25.8 Å². The number of rotatable bonds is 11. The lowest BCUT2D eigenvalue weighted by Gasteiger charge is -2.37. The molecule has 8 nitrogen and oxygen atoms in total. The summed E-state index contributed by atoms with van der Waals surface area (Å²) < 4.78 is 43.4. The highest BCUT2D eigenvalue weighted by molar-refractivity contribution is 7.80. The van der Waals surface area contributed by atoms with Gasteiger partial charge in [-0.05, 0) is 53.6 Å². The average molecular weight is 690 g/mol. The topological polar surface area (TPSA) is 110 Å². The summed E-state index contributed by atoms with van der Waals surface area (Å²) in [6.07, 6.45) is -4.42. The largest absolute Gasteiger partial charge is 0.491 e. The molecular formula is C37H34F3N3O5S. The first-order chi connectivity index (χ1) is 23.4. The quantitative estimate of drug-likeness (QED) is 0.0784. The van der Waals surface area contributed by atoms with Gasteiger partial charge in [-0.15, -0.1) is 0 Å². The summed E-state index contributed by atoms with van der Waals surface area (Å²) in [5, 5.41) is -0.320. The lowest BCUT2D eigenvalue weighted by atomic mass is 9.95. The number of thiol groups is 1. The average Bonchev–Trinajstić information content (AvgIpc) is 3.16. The van der Waals surface area contributed by atoms with E-state index in [-0.39, 0.29) is 17.5 Å². The fourth-order valence-corrected chi connectivity index (χ4v) is 6.09. The van der Waals surface area contributed by atoms with Crippen molar-refractivity contribution in [2.45, 2.75) is 55.9 Å². The number of amides is 2. The summed E-state index contributed by atoms with van der Waals surface area (Å²) in [6, 6.07) is 28.4. The molecule has 3 atom stereocenters. The van der Waals surface area contributed by atoms with Gasteiger partial charge in [0.25, 0.3) is 11.8 Å². The van der Waals surface area contributed by atoms with Gasteiger partial charge in [0.2, 0.25) is 0 Å². The van der Waals surface area contributed by atoms with Crippen LogP contribution < -0.4 is 10.6 Å². The van der Waals surface area contributed by atoms with E-state index >= 15 is 0 Å². The maximum atomic E-state index is 15.0. The van der Waals surface area contributed by atoms with Crippen molar-refractivity contribution < 1.29 is 37.1 Å². The van der Waals surface area contributed by atoms with Crippen LogP contribution in [0.1, 0.15) is 64.0 Å². The normalized spacial score (nSPS) is 16.1. The second kappa shape index (κ2) is 15.5. The van der Waals surface area contributed by atoms with Crippen molar-refractivity contribution in [3.63, 3.8) is 0 Å². The van der Waals surface area contributed by atoms with Crippen molar-refractivity contribution in [3.05, 3.63) is 137 Å². The Hall–Kier alpha value is -4.94. The van der Waals surface area contributed by atoms with E-state index in [9.17, 15) is 32.3 Å². The molecule has 1 aliphatic heterocycles. The van der Waals surface area contributed by atoms with Crippen LogP contribution in [-0.4, -0.2) is 40.2 Å². The number of ether oxygens (including phenoxy) is 1. The number of hydrogen-bond donors (Lipinski definition) is 2. The molecule has 4 aromatic rings. The monoisotopic (exact) mass is 689 g/mol. The van der Waals surface area contributed by atoms with E-state index in [1.165, 1.54) is 9.80 Å². The Balaban J connectivity index is 1.69. The zero-order valence-corrected chi connectivity index (χ0v) is 27.1. The minimum atomic E-state index is -5.41. The standard InChI is InChI=1S/C37H34F3N3O5S/c38-37(39,40)36(47)48-32(44)22-30(26-14-6-2-7-15-26)43-33(27-16-8-3-9-17-27)35(46)42(23-25-11-4-1-5-12-25)29-20-19-24(13-10-18-31(41)49)21-28(29)34(43)45/h1-9,11-12,14-17,19-21,30-31,33,49H,10,13,18,22-23,41H2. The molecule has 0 saturated heterocycles. The number of esters is 2. The van der Waals surface area contributed by atoms with Gasteiger partial charge >= 0.3 is 18.1 Å². The van der Waals surface area contributed by atoms with E-state index in [2.05, 4.69) is 17.4 Å². The zero-order chi connectivity index (χ0) is 35.1. The first-order valence-electron chi connectivity index (χ1n) is 15.6. The van der Waals surface area contributed by atoms with Crippen LogP contribution >= 0.6 is 12.6 Å². The lowest BCUT2D eigenvalue weighted by molar-refractivity contribution is -0.202. The number of hydrogen-bond acceptors (Lipinski definition) is 7. The highest BCUT2D eigenvalue weighted by Gasteiger charge is 2.46. The van der Waals surface area contributed by atoms with E-state index in [1.807, 2.05) is 36.4 Å². The smallest absolute Gasteiger partial charge is 0.386 e. The summed E-state index contributed by atoms with van der Waals surface area (Å²) in [4.78, 5) is 57.3. The maximum absolute atomic E-state index is 15.0. The van der Waals surface area contributed by atoms with Crippen LogP contribution in [0, 0.1) is 0 Å².